The minimum atomic E-state index is -0.707. The molecule has 1 aliphatic rings. The molecule has 2 amide bonds. The van der Waals surface area contributed by atoms with Crippen molar-refractivity contribution < 1.29 is 23.9 Å². The fraction of sp³-hybridized carbons (Fsp3) is 0.286. The van der Waals surface area contributed by atoms with Crippen molar-refractivity contribution in [3.8, 4) is 5.75 Å². The second kappa shape index (κ2) is 9.09. The van der Waals surface area contributed by atoms with Gasteiger partial charge in [-0.2, -0.15) is 0 Å². The van der Waals surface area contributed by atoms with Crippen molar-refractivity contribution in [2.24, 2.45) is 0 Å². The zero-order valence-corrected chi connectivity index (χ0v) is 16.4. The van der Waals surface area contributed by atoms with E-state index >= 15 is 0 Å². The fourth-order valence-corrected chi connectivity index (χ4v) is 3.18. The highest BCUT2D eigenvalue weighted by molar-refractivity contribution is 6.39. The van der Waals surface area contributed by atoms with Crippen molar-refractivity contribution in [3.05, 3.63) is 54.1 Å². The van der Waals surface area contributed by atoms with E-state index in [0.717, 1.165) is 11.4 Å². The van der Waals surface area contributed by atoms with Crippen LogP contribution >= 0.6 is 0 Å². The van der Waals surface area contributed by atoms with Crippen LogP contribution in [0.25, 0.3) is 0 Å². The van der Waals surface area contributed by atoms with Crippen LogP contribution in [0.4, 0.5) is 11.4 Å². The highest BCUT2D eigenvalue weighted by Gasteiger charge is 2.27. The first-order valence-electron chi connectivity index (χ1n) is 9.20. The minimum absolute atomic E-state index is 0.365. The van der Waals surface area contributed by atoms with Gasteiger partial charge in [0, 0.05) is 31.9 Å². The summed E-state index contributed by atoms with van der Waals surface area (Å²) in [5, 5.41) is 2.57. The van der Waals surface area contributed by atoms with Crippen LogP contribution < -0.4 is 15.0 Å². The third kappa shape index (κ3) is 4.66. The van der Waals surface area contributed by atoms with E-state index < -0.39 is 17.8 Å². The van der Waals surface area contributed by atoms with Crippen LogP contribution in [0.3, 0.4) is 0 Å². The van der Waals surface area contributed by atoms with E-state index in [1.807, 2.05) is 24.3 Å². The number of rotatable bonds is 4. The molecule has 0 saturated carbocycles. The average Bonchev–Trinajstić information content (AvgIpc) is 2.78. The van der Waals surface area contributed by atoms with Gasteiger partial charge in [-0.3, -0.25) is 9.59 Å². The van der Waals surface area contributed by atoms with Crippen molar-refractivity contribution in [1.29, 1.82) is 0 Å². The molecule has 1 heterocycles. The van der Waals surface area contributed by atoms with Crippen LogP contribution in [-0.4, -0.2) is 63.1 Å². The van der Waals surface area contributed by atoms with Crippen LogP contribution in [-0.2, 0) is 14.3 Å². The number of esters is 1. The van der Waals surface area contributed by atoms with Gasteiger partial charge in [-0.05, 0) is 36.4 Å². The molecule has 29 heavy (non-hydrogen) atoms. The van der Waals surface area contributed by atoms with Crippen LogP contribution in [0.5, 0.6) is 5.75 Å². The van der Waals surface area contributed by atoms with Crippen molar-refractivity contribution in [3.63, 3.8) is 0 Å². The Kier molecular flexibility index (Phi) is 6.33. The van der Waals surface area contributed by atoms with Crippen molar-refractivity contribution >= 4 is 29.2 Å². The van der Waals surface area contributed by atoms with Crippen LogP contribution in [0.1, 0.15) is 10.4 Å². The van der Waals surface area contributed by atoms with Crippen molar-refractivity contribution in [2.75, 3.05) is 50.6 Å². The van der Waals surface area contributed by atoms with Gasteiger partial charge in [-0.15, -0.1) is 0 Å². The summed E-state index contributed by atoms with van der Waals surface area (Å²) in [5.41, 5.74) is 1.77. The number of nitrogens with zero attached hydrogens (tertiary/aromatic N) is 2. The zero-order valence-electron chi connectivity index (χ0n) is 16.4. The molecule has 8 heteroatoms. The third-order valence-electron chi connectivity index (χ3n) is 4.75. The van der Waals surface area contributed by atoms with Gasteiger partial charge in [0.25, 0.3) is 0 Å². The Bertz CT molecular complexity index is 889. The molecule has 0 radical (unpaired) electrons. The lowest BCUT2D eigenvalue weighted by molar-refractivity contribution is -0.143. The molecule has 0 atom stereocenters. The van der Waals surface area contributed by atoms with E-state index in [1.165, 1.54) is 24.1 Å². The fourth-order valence-electron chi connectivity index (χ4n) is 3.18. The molecule has 2 aromatic carbocycles. The van der Waals surface area contributed by atoms with Crippen molar-refractivity contribution in [1.82, 2.24) is 4.90 Å². The summed E-state index contributed by atoms with van der Waals surface area (Å²) in [4.78, 5) is 39.9. The molecule has 0 aliphatic carbocycles. The van der Waals surface area contributed by atoms with E-state index in [2.05, 4.69) is 15.0 Å². The summed E-state index contributed by atoms with van der Waals surface area (Å²) < 4.78 is 10.0. The van der Waals surface area contributed by atoms with Crippen LogP contribution in [0.15, 0.2) is 48.5 Å². The quantitative estimate of drug-likeness (QED) is 0.625. The smallest absolute Gasteiger partial charge is 0.337 e. The van der Waals surface area contributed by atoms with Gasteiger partial charge >= 0.3 is 17.8 Å². The average molecular weight is 397 g/mol. The van der Waals surface area contributed by atoms with E-state index in [4.69, 9.17) is 4.74 Å². The number of amides is 2. The molecule has 3 rings (SSSR count). The van der Waals surface area contributed by atoms with Crippen molar-refractivity contribution in [2.45, 2.75) is 0 Å². The lowest BCUT2D eigenvalue weighted by atomic mass is 10.2. The second-order valence-electron chi connectivity index (χ2n) is 6.47. The van der Waals surface area contributed by atoms with Crippen LogP contribution in [0, 0.1) is 0 Å². The molecule has 0 unspecified atom stereocenters. The molecular formula is C21H23N3O5. The number of carbonyl (C=O) groups is 3. The van der Waals surface area contributed by atoms with Crippen LogP contribution in [0.2, 0.25) is 0 Å². The molecule has 2 aromatic rings. The van der Waals surface area contributed by atoms with Gasteiger partial charge in [0.1, 0.15) is 5.75 Å². The SMILES string of the molecule is COC(=O)c1ccc(NC(=O)C(=O)N2CCN(c3ccccc3OC)CC2)cc1. The number of carbonyl (C=O) groups excluding carboxylic acids is 3. The molecule has 1 fully saturated rings. The van der Waals surface area contributed by atoms with Gasteiger partial charge in [-0.1, -0.05) is 12.1 Å². The molecule has 1 aliphatic heterocycles. The molecule has 0 bridgehead atoms. The van der Waals surface area contributed by atoms with Gasteiger partial charge < -0.3 is 24.6 Å². The largest absolute Gasteiger partial charge is 0.495 e. The molecular weight excluding hydrogens is 374 g/mol. The Morgan fingerprint density at radius 2 is 1.55 bits per heavy atom. The first kappa shape index (κ1) is 20.2. The lowest BCUT2D eigenvalue weighted by Crippen LogP contribution is -2.51. The monoisotopic (exact) mass is 397 g/mol. The standard InChI is InChI=1S/C21H23N3O5/c1-28-18-6-4-3-5-17(18)23-11-13-24(14-12-23)20(26)19(25)22-16-9-7-15(8-10-16)21(27)29-2/h3-10H,11-14H2,1-2H3,(H,22,25). The number of methoxy groups -OCH3 is 2. The summed E-state index contributed by atoms with van der Waals surface area (Å²) in [6, 6.07) is 13.9. The predicted molar refractivity (Wildman–Crippen MR) is 108 cm³/mol. The maximum absolute atomic E-state index is 12.5. The third-order valence-corrected chi connectivity index (χ3v) is 4.75. The van der Waals surface area contributed by atoms with Gasteiger partial charge in [-0.25, -0.2) is 4.79 Å². The highest BCUT2D eigenvalue weighted by atomic mass is 16.5. The predicted octanol–water partition coefficient (Wildman–Crippen LogP) is 1.77. The van der Waals surface area contributed by atoms with E-state index in [9.17, 15) is 14.4 Å². The van der Waals surface area contributed by atoms with Gasteiger partial charge in [0.05, 0.1) is 25.5 Å². The number of hydrogen-bond donors (Lipinski definition) is 1. The summed E-state index contributed by atoms with van der Waals surface area (Å²) in [6.07, 6.45) is 0. The number of nitrogens with one attached hydrogen (secondary N) is 1. The zero-order chi connectivity index (χ0) is 20.8. The van der Waals surface area contributed by atoms with E-state index in [1.54, 1.807) is 19.2 Å². The van der Waals surface area contributed by atoms with E-state index in [0.29, 0.717) is 37.4 Å². The summed E-state index contributed by atoms with van der Waals surface area (Å²) in [7, 11) is 2.92. The molecule has 1 N–H and O–H groups in total. The molecule has 152 valence electrons. The highest BCUT2D eigenvalue weighted by Crippen LogP contribution is 2.28. The Morgan fingerprint density at radius 3 is 2.17 bits per heavy atom. The van der Waals surface area contributed by atoms with Gasteiger partial charge in [0.2, 0.25) is 0 Å². The van der Waals surface area contributed by atoms with Gasteiger partial charge in [0.15, 0.2) is 0 Å². The number of benzene rings is 2. The maximum atomic E-state index is 12.5. The molecule has 0 spiro atoms. The topological polar surface area (TPSA) is 88.2 Å². The number of piperazine rings is 1. The molecule has 0 aromatic heterocycles. The number of ether oxygens (including phenoxy) is 2. The maximum Gasteiger partial charge on any atom is 0.337 e. The summed E-state index contributed by atoms with van der Waals surface area (Å²) >= 11 is 0. The Labute approximate surface area is 169 Å². The first-order valence-corrected chi connectivity index (χ1v) is 9.20. The molecule has 1 saturated heterocycles. The molecule has 8 nitrogen and oxygen atoms in total. The Hall–Kier alpha value is -3.55. The number of anilines is 2. The first-order chi connectivity index (χ1) is 14.0. The normalized spacial score (nSPS) is 13.6. The number of para-hydroxylation sites is 2. The summed E-state index contributed by atoms with van der Waals surface area (Å²) in [5.74, 6) is -0.976. The Morgan fingerprint density at radius 1 is 0.897 bits per heavy atom. The summed E-state index contributed by atoms with van der Waals surface area (Å²) in [6.45, 7) is 2.08. The van der Waals surface area contributed by atoms with E-state index in [-0.39, 0.29) is 0 Å². The lowest BCUT2D eigenvalue weighted by Gasteiger charge is -2.36. The second-order valence-corrected chi connectivity index (χ2v) is 6.47. The Balaban J connectivity index is 1.56. The number of hydrogen-bond acceptors (Lipinski definition) is 6. The minimum Gasteiger partial charge on any atom is -0.495 e.